The van der Waals surface area contributed by atoms with Gasteiger partial charge in [-0.05, 0) is 12.5 Å². The molecule has 5 nitrogen and oxygen atoms in total. The Kier molecular flexibility index (Phi) is 5.60. The lowest BCUT2D eigenvalue weighted by molar-refractivity contribution is -0.139. The Morgan fingerprint density at radius 2 is 1.74 bits per heavy atom. The zero-order valence-corrected chi connectivity index (χ0v) is 15.5. The monoisotopic (exact) mass is 365 g/mol. The summed E-state index contributed by atoms with van der Waals surface area (Å²) in [5, 5.41) is 10.9. The second-order valence-corrected chi connectivity index (χ2v) is 6.45. The molecule has 2 aromatic carbocycles. The number of benzene rings is 2. The Bertz CT molecular complexity index is 873. The van der Waals surface area contributed by atoms with Gasteiger partial charge < -0.3 is 14.7 Å². The van der Waals surface area contributed by atoms with Crippen LogP contribution in [0.2, 0.25) is 0 Å². The fraction of sp³-hybridized carbons (Fsp3) is 0.273. The molecular weight excluding hydrogens is 342 g/mol. The van der Waals surface area contributed by atoms with E-state index in [1.54, 1.807) is 37.4 Å². The number of unbranched alkanes of at least 4 members (excludes halogenated alkanes) is 1. The normalized spacial score (nSPS) is 18.7. The number of aliphatic hydroxyl groups is 1. The van der Waals surface area contributed by atoms with E-state index in [4.69, 9.17) is 4.74 Å². The van der Waals surface area contributed by atoms with Gasteiger partial charge >= 0.3 is 0 Å². The van der Waals surface area contributed by atoms with Crippen molar-refractivity contribution in [2.45, 2.75) is 25.8 Å². The number of methoxy groups -OCH3 is 1. The zero-order chi connectivity index (χ0) is 19.4. The Balaban J connectivity index is 2.20. The van der Waals surface area contributed by atoms with Gasteiger partial charge in [0.05, 0.1) is 18.7 Å². The molecule has 0 aromatic heterocycles. The van der Waals surface area contributed by atoms with E-state index in [2.05, 4.69) is 0 Å². The van der Waals surface area contributed by atoms with Crippen LogP contribution in [0.3, 0.4) is 0 Å². The summed E-state index contributed by atoms with van der Waals surface area (Å²) in [5.74, 6) is -0.839. The largest absolute Gasteiger partial charge is 0.507 e. The van der Waals surface area contributed by atoms with E-state index in [0.29, 0.717) is 23.4 Å². The zero-order valence-electron chi connectivity index (χ0n) is 15.5. The number of hydrogen-bond donors (Lipinski definition) is 1. The molecule has 1 atom stereocenters. The summed E-state index contributed by atoms with van der Waals surface area (Å²) in [7, 11) is 1.55. The van der Waals surface area contributed by atoms with E-state index >= 15 is 0 Å². The average Bonchev–Trinajstić information content (AvgIpc) is 2.96. The molecule has 0 radical (unpaired) electrons. The third-order valence-corrected chi connectivity index (χ3v) is 4.77. The number of nitrogens with zero attached hydrogens (tertiary/aromatic N) is 1. The lowest BCUT2D eigenvalue weighted by Gasteiger charge is -2.26. The van der Waals surface area contributed by atoms with E-state index in [-0.39, 0.29) is 11.3 Å². The summed E-state index contributed by atoms with van der Waals surface area (Å²) in [6.45, 7) is 2.47. The molecule has 0 aliphatic carbocycles. The van der Waals surface area contributed by atoms with Crippen LogP contribution in [0.5, 0.6) is 5.75 Å². The van der Waals surface area contributed by atoms with Crippen molar-refractivity contribution in [2.75, 3.05) is 13.7 Å². The summed E-state index contributed by atoms with van der Waals surface area (Å²) in [6, 6.07) is 15.4. The molecule has 1 saturated heterocycles. The maximum atomic E-state index is 12.8. The van der Waals surface area contributed by atoms with Crippen LogP contribution >= 0.6 is 0 Å². The van der Waals surface area contributed by atoms with Crippen molar-refractivity contribution in [3.05, 3.63) is 71.3 Å². The van der Waals surface area contributed by atoms with Crippen LogP contribution in [0.15, 0.2) is 60.2 Å². The number of para-hydroxylation sites is 1. The number of ketones is 1. The van der Waals surface area contributed by atoms with Gasteiger partial charge in [0.1, 0.15) is 11.5 Å². The first-order chi connectivity index (χ1) is 13.1. The number of amides is 1. The SMILES string of the molecule is CCCCN1C(=O)C(=O)C(=C(O)c2ccccc2)[C@H]1c1ccccc1OC. The highest BCUT2D eigenvalue weighted by Gasteiger charge is 2.46. The number of rotatable bonds is 6. The molecule has 1 aliphatic heterocycles. The predicted molar refractivity (Wildman–Crippen MR) is 103 cm³/mol. The molecule has 1 heterocycles. The maximum Gasteiger partial charge on any atom is 0.295 e. The molecule has 27 heavy (non-hydrogen) atoms. The molecule has 1 N–H and O–H groups in total. The number of aliphatic hydroxyl groups excluding tert-OH is 1. The quantitative estimate of drug-likeness (QED) is 0.479. The van der Waals surface area contributed by atoms with Crippen molar-refractivity contribution in [3.63, 3.8) is 0 Å². The number of likely N-dealkylation sites (tertiary alicyclic amines) is 1. The summed E-state index contributed by atoms with van der Waals surface area (Å²) >= 11 is 0. The van der Waals surface area contributed by atoms with E-state index in [1.807, 2.05) is 31.2 Å². The molecule has 1 amide bonds. The summed E-state index contributed by atoms with van der Waals surface area (Å²) in [6.07, 6.45) is 1.66. The lowest BCUT2D eigenvalue weighted by atomic mass is 9.94. The fourth-order valence-corrected chi connectivity index (χ4v) is 3.41. The van der Waals surface area contributed by atoms with Gasteiger partial charge in [0, 0.05) is 17.7 Å². The van der Waals surface area contributed by atoms with Crippen LogP contribution in [-0.2, 0) is 9.59 Å². The Hall–Kier alpha value is -3.08. The molecule has 0 bridgehead atoms. The maximum absolute atomic E-state index is 12.8. The second kappa shape index (κ2) is 8.08. The molecule has 0 saturated carbocycles. The van der Waals surface area contributed by atoms with Gasteiger partial charge in [-0.15, -0.1) is 0 Å². The summed E-state index contributed by atoms with van der Waals surface area (Å²) in [5.41, 5.74) is 1.30. The number of ether oxygens (including phenoxy) is 1. The number of carbonyl (C=O) groups is 2. The first kappa shape index (κ1) is 18.7. The molecule has 2 aromatic rings. The highest BCUT2D eigenvalue weighted by atomic mass is 16.5. The minimum absolute atomic E-state index is 0.104. The molecule has 0 spiro atoms. The summed E-state index contributed by atoms with van der Waals surface area (Å²) < 4.78 is 5.46. The van der Waals surface area contributed by atoms with Crippen molar-refractivity contribution in [3.8, 4) is 5.75 Å². The number of hydrogen-bond acceptors (Lipinski definition) is 4. The highest BCUT2D eigenvalue weighted by molar-refractivity contribution is 6.46. The van der Waals surface area contributed by atoms with Crippen LogP contribution in [0.1, 0.15) is 36.9 Å². The lowest BCUT2D eigenvalue weighted by Crippen LogP contribution is -2.30. The predicted octanol–water partition coefficient (Wildman–Crippen LogP) is 3.92. The van der Waals surface area contributed by atoms with E-state index < -0.39 is 17.7 Å². The van der Waals surface area contributed by atoms with Crippen molar-refractivity contribution >= 4 is 17.4 Å². The number of Topliss-reactive ketones (excluding diaryl/α,β-unsaturated/α-hetero) is 1. The smallest absolute Gasteiger partial charge is 0.295 e. The van der Waals surface area contributed by atoms with Crippen LogP contribution in [0.25, 0.3) is 5.76 Å². The second-order valence-electron chi connectivity index (χ2n) is 6.45. The first-order valence-corrected chi connectivity index (χ1v) is 9.06. The third kappa shape index (κ3) is 3.45. The minimum atomic E-state index is -0.673. The molecular formula is C22H23NO4. The van der Waals surface area contributed by atoms with E-state index in [1.165, 1.54) is 4.90 Å². The molecule has 0 unspecified atom stereocenters. The van der Waals surface area contributed by atoms with E-state index in [9.17, 15) is 14.7 Å². The Morgan fingerprint density at radius 3 is 2.41 bits per heavy atom. The van der Waals surface area contributed by atoms with Crippen LogP contribution in [0, 0.1) is 0 Å². The van der Waals surface area contributed by atoms with Crippen LogP contribution < -0.4 is 4.74 Å². The van der Waals surface area contributed by atoms with Gasteiger partial charge in [0.25, 0.3) is 11.7 Å². The fourth-order valence-electron chi connectivity index (χ4n) is 3.41. The van der Waals surface area contributed by atoms with Crippen molar-refractivity contribution in [1.29, 1.82) is 0 Å². The van der Waals surface area contributed by atoms with Gasteiger partial charge in [-0.2, -0.15) is 0 Å². The average molecular weight is 365 g/mol. The van der Waals surface area contributed by atoms with Gasteiger partial charge in [0.15, 0.2) is 0 Å². The standard InChI is InChI=1S/C22H23NO4/c1-3-4-14-23-19(16-12-8-9-13-17(16)27-2)18(21(25)22(23)26)20(24)15-10-6-5-7-11-15/h5-13,19,24H,3-4,14H2,1-2H3/t19-/m1/s1. The van der Waals surface area contributed by atoms with Gasteiger partial charge in [-0.3, -0.25) is 9.59 Å². The minimum Gasteiger partial charge on any atom is -0.507 e. The molecule has 5 heteroatoms. The molecule has 1 aliphatic rings. The van der Waals surface area contributed by atoms with Crippen molar-refractivity contribution in [1.82, 2.24) is 4.90 Å². The van der Waals surface area contributed by atoms with Gasteiger partial charge in [-0.1, -0.05) is 61.9 Å². The molecule has 140 valence electrons. The van der Waals surface area contributed by atoms with Crippen LogP contribution in [0.4, 0.5) is 0 Å². The first-order valence-electron chi connectivity index (χ1n) is 9.06. The Morgan fingerprint density at radius 1 is 1.07 bits per heavy atom. The van der Waals surface area contributed by atoms with E-state index in [0.717, 1.165) is 12.8 Å². The molecule has 3 rings (SSSR count). The Labute approximate surface area is 158 Å². The highest BCUT2D eigenvalue weighted by Crippen LogP contribution is 2.42. The van der Waals surface area contributed by atoms with Crippen molar-refractivity contribution < 1.29 is 19.4 Å². The third-order valence-electron chi connectivity index (χ3n) is 4.77. The topological polar surface area (TPSA) is 66.8 Å². The van der Waals surface area contributed by atoms with Crippen LogP contribution in [-0.4, -0.2) is 35.4 Å². The number of carbonyl (C=O) groups excluding carboxylic acids is 2. The molecule has 1 fully saturated rings. The van der Waals surface area contributed by atoms with Gasteiger partial charge in [-0.25, -0.2) is 0 Å². The van der Waals surface area contributed by atoms with Gasteiger partial charge in [0.2, 0.25) is 0 Å². The van der Waals surface area contributed by atoms with Crippen molar-refractivity contribution in [2.24, 2.45) is 0 Å². The summed E-state index contributed by atoms with van der Waals surface area (Å²) in [4.78, 5) is 27.1.